The first-order chi connectivity index (χ1) is 13.4. The van der Waals surface area contributed by atoms with Gasteiger partial charge in [-0.05, 0) is 32.4 Å². The van der Waals surface area contributed by atoms with Crippen LogP contribution in [-0.2, 0) is 4.84 Å². The minimum absolute atomic E-state index is 0.0177. The molecule has 0 bridgehead atoms. The molecule has 0 unspecified atom stereocenters. The summed E-state index contributed by atoms with van der Waals surface area (Å²) in [7, 11) is 0. The van der Waals surface area contributed by atoms with Crippen LogP contribution in [0, 0.1) is 0 Å². The first kappa shape index (κ1) is 19.6. The van der Waals surface area contributed by atoms with E-state index in [-0.39, 0.29) is 24.1 Å². The van der Waals surface area contributed by atoms with Crippen LogP contribution in [0.5, 0.6) is 5.88 Å². The normalized spacial score (nSPS) is 15.9. The molecule has 2 aromatic rings. The monoisotopic (exact) mass is 383 g/mol. The molecule has 148 valence electrons. The van der Waals surface area contributed by atoms with Crippen molar-refractivity contribution >= 4 is 17.6 Å². The summed E-state index contributed by atoms with van der Waals surface area (Å²) >= 11 is 0. The minimum atomic E-state index is -0.161. The van der Waals surface area contributed by atoms with Gasteiger partial charge in [-0.1, -0.05) is 24.2 Å². The van der Waals surface area contributed by atoms with Crippen LogP contribution in [0.25, 0.3) is 11.3 Å². The maximum Gasteiger partial charge on any atom is 0.251 e. The number of nitrogens with one attached hydrogen (secondary N) is 1. The van der Waals surface area contributed by atoms with Crippen molar-refractivity contribution in [2.45, 2.75) is 45.8 Å². The lowest BCUT2D eigenvalue weighted by molar-refractivity contribution is 0.0753. The summed E-state index contributed by atoms with van der Waals surface area (Å²) in [5, 5.41) is 6.88. The highest BCUT2D eigenvalue weighted by Gasteiger charge is 2.20. The molecule has 0 saturated heterocycles. The Kier molecular flexibility index (Phi) is 6.08. The molecular weight excluding hydrogens is 358 g/mol. The van der Waals surface area contributed by atoms with E-state index in [2.05, 4.69) is 20.4 Å². The number of aromatic nitrogens is 2. The Morgan fingerprint density at radius 1 is 1.32 bits per heavy atom. The van der Waals surface area contributed by atoms with Crippen molar-refractivity contribution in [3.8, 4) is 17.1 Å². The third-order valence-electron chi connectivity index (χ3n) is 4.21. The first-order valence-electron chi connectivity index (χ1n) is 9.36. The van der Waals surface area contributed by atoms with E-state index in [0.717, 1.165) is 24.1 Å². The smallest absolute Gasteiger partial charge is 0.251 e. The Hall–Kier alpha value is -3.16. The number of carbonyl (C=O) groups excluding carboxylic acids is 1. The van der Waals surface area contributed by atoms with Crippen molar-refractivity contribution < 1.29 is 14.4 Å². The number of hydrogen-bond donors (Lipinski definition) is 2. The van der Waals surface area contributed by atoms with Gasteiger partial charge in [0.15, 0.2) is 0 Å². The molecule has 8 nitrogen and oxygen atoms in total. The number of nitrogens with zero attached hydrogens (tertiary/aromatic N) is 3. The fourth-order valence-corrected chi connectivity index (χ4v) is 2.80. The molecule has 1 amide bonds. The van der Waals surface area contributed by atoms with Crippen molar-refractivity contribution in [1.29, 1.82) is 0 Å². The second-order valence-electron chi connectivity index (χ2n) is 6.85. The number of rotatable bonds is 7. The lowest BCUT2D eigenvalue weighted by Crippen LogP contribution is -2.32. The van der Waals surface area contributed by atoms with Crippen molar-refractivity contribution in [1.82, 2.24) is 15.3 Å². The van der Waals surface area contributed by atoms with Crippen molar-refractivity contribution in [2.24, 2.45) is 5.16 Å². The van der Waals surface area contributed by atoms with E-state index in [9.17, 15) is 4.79 Å². The molecule has 0 fully saturated rings. The van der Waals surface area contributed by atoms with Gasteiger partial charge in [0, 0.05) is 23.6 Å². The number of carbonyl (C=O) groups is 1. The average molecular weight is 383 g/mol. The second-order valence-corrected chi connectivity index (χ2v) is 6.85. The molecule has 3 N–H and O–H groups in total. The van der Waals surface area contributed by atoms with Gasteiger partial charge < -0.3 is 20.6 Å². The molecule has 1 atom stereocenters. The average Bonchev–Trinajstić information content (AvgIpc) is 3.13. The quantitative estimate of drug-likeness (QED) is 0.760. The predicted molar refractivity (Wildman–Crippen MR) is 107 cm³/mol. The highest BCUT2D eigenvalue weighted by Crippen LogP contribution is 2.23. The number of benzene rings is 1. The van der Waals surface area contributed by atoms with Crippen LogP contribution in [-0.4, -0.2) is 40.3 Å². The van der Waals surface area contributed by atoms with Crippen LogP contribution in [0.15, 0.2) is 35.5 Å². The van der Waals surface area contributed by atoms with E-state index in [1.807, 2.05) is 32.9 Å². The molecule has 1 aliphatic heterocycles. The van der Waals surface area contributed by atoms with Crippen LogP contribution >= 0.6 is 0 Å². The number of amides is 1. The highest BCUT2D eigenvalue weighted by molar-refractivity contribution is 5.94. The standard InChI is InChI=1S/C20H25N5O3/c1-4-15-9-16(28-25-15)11-22-19(26)14-7-5-13(6-8-14)17-10-18(27-12(2)3)24-20(21)23-17/h5-8,10,12,16H,4,9,11H2,1-3H3,(H,22,26)(H2,21,23,24)/t16-/m0/s1. The van der Waals surface area contributed by atoms with Gasteiger partial charge in [0.1, 0.15) is 6.10 Å². The second kappa shape index (κ2) is 8.69. The van der Waals surface area contributed by atoms with Crippen molar-refractivity contribution in [3.05, 3.63) is 35.9 Å². The van der Waals surface area contributed by atoms with Gasteiger partial charge in [-0.2, -0.15) is 4.98 Å². The fourth-order valence-electron chi connectivity index (χ4n) is 2.80. The molecule has 28 heavy (non-hydrogen) atoms. The maximum atomic E-state index is 12.4. The van der Waals surface area contributed by atoms with E-state index in [1.165, 1.54) is 0 Å². The van der Waals surface area contributed by atoms with E-state index in [0.29, 0.717) is 23.7 Å². The first-order valence-corrected chi connectivity index (χ1v) is 9.36. The zero-order valence-corrected chi connectivity index (χ0v) is 16.3. The van der Waals surface area contributed by atoms with Crippen LogP contribution in [0.1, 0.15) is 44.0 Å². The Bertz CT molecular complexity index is 865. The summed E-state index contributed by atoms with van der Waals surface area (Å²) in [6.07, 6.45) is 1.51. The Morgan fingerprint density at radius 3 is 2.71 bits per heavy atom. The predicted octanol–water partition coefficient (Wildman–Crippen LogP) is 2.80. The van der Waals surface area contributed by atoms with E-state index in [4.69, 9.17) is 15.3 Å². The van der Waals surface area contributed by atoms with Crippen molar-refractivity contribution in [3.63, 3.8) is 0 Å². The third-order valence-corrected chi connectivity index (χ3v) is 4.21. The molecule has 8 heteroatoms. The number of hydrogen-bond acceptors (Lipinski definition) is 7. The summed E-state index contributed by atoms with van der Waals surface area (Å²) in [5.74, 6) is 0.399. The van der Waals surface area contributed by atoms with Gasteiger partial charge in [-0.3, -0.25) is 4.79 Å². The molecule has 0 spiro atoms. The maximum absolute atomic E-state index is 12.4. The minimum Gasteiger partial charge on any atom is -0.475 e. The Morgan fingerprint density at radius 2 is 2.07 bits per heavy atom. The Balaban J connectivity index is 1.63. The zero-order valence-electron chi connectivity index (χ0n) is 16.3. The summed E-state index contributed by atoms with van der Waals surface area (Å²) in [4.78, 5) is 26.0. The molecule has 3 rings (SSSR count). The van der Waals surface area contributed by atoms with Gasteiger partial charge in [-0.15, -0.1) is 0 Å². The largest absolute Gasteiger partial charge is 0.475 e. The van der Waals surface area contributed by atoms with Gasteiger partial charge >= 0.3 is 0 Å². The molecule has 0 aliphatic carbocycles. The fraction of sp³-hybridized carbons (Fsp3) is 0.400. The van der Waals surface area contributed by atoms with Crippen LogP contribution in [0.4, 0.5) is 5.95 Å². The number of anilines is 1. The SMILES string of the molecule is CCC1=NO[C@H](CNC(=O)c2ccc(-c3cc(OC(C)C)nc(N)n3)cc2)C1. The Labute approximate surface area is 164 Å². The number of nitrogens with two attached hydrogens (primary N) is 1. The van der Waals surface area contributed by atoms with Gasteiger partial charge in [0.2, 0.25) is 11.8 Å². The topological polar surface area (TPSA) is 112 Å². The summed E-state index contributed by atoms with van der Waals surface area (Å²) in [6, 6.07) is 8.86. The molecule has 0 radical (unpaired) electrons. The lowest BCUT2D eigenvalue weighted by atomic mass is 10.1. The number of nitrogen functional groups attached to an aromatic ring is 1. The molecule has 0 saturated carbocycles. The van der Waals surface area contributed by atoms with Crippen LogP contribution in [0.2, 0.25) is 0 Å². The number of oxime groups is 1. The van der Waals surface area contributed by atoms with Crippen LogP contribution < -0.4 is 15.8 Å². The van der Waals surface area contributed by atoms with Gasteiger partial charge in [0.05, 0.1) is 24.1 Å². The van der Waals surface area contributed by atoms with Crippen LogP contribution in [0.3, 0.4) is 0 Å². The van der Waals surface area contributed by atoms with Gasteiger partial charge in [-0.25, -0.2) is 4.98 Å². The molecule has 1 aliphatic rings. The van der Waals surface area contributed by atoms with Gasteiger partial charge in [0.25, 0.3) is 5.91 Å². The zero-order chi connectivity index (χ0) is 20.1. The van der Waals surface area contributed by atoms with Crippen molar-refractivity contribution in [2.75, 3.05) is 12.3 Å². The van der Waals surface area contributed by atoms with E-state index < -0.39 is 0 Å². The lowest BCUT2D eigenvalue weighted by Gasteiger charge is -2.11. The number of ether oxygens (including phenoxy) is 1. The molecule has 1 aromatic carbocycles. The molecular formula is C20H25N5O3. The highest BCUT2D eigenvalue weighted by atomic mass is 16.6. The van der Waals surface area contributed by atoms with E-state index >= 15 is 0 Å². The molecule has 2 heterocycles. The molecule has 1 aromatic heterocycles. The summed E-state index contributed by atoms with van der Waals surface area (Å²) in [5.41, 5.74) is 8.82. The summed E-state index contributed by atoms with van der Waals surface area (Å²) < 4.78 is 5.60. The summed E-state index contributed by atoms with van der Waals surface area (Å²) in [6.45, 7) is 6.29. The van der Waals surface area contributed by atoms with E-state index in [1.54, 1.807) is 18.2 Å². The third kappa shape index (κ3) is 4.97.